The minimum atomic E-state index is -0.477. The Morgan fingerprint density at radius 1 is 1.35 bits per heavy atom. The van der Waals surface area contributed by atoms with Gasteiger partial charge in [-0.3, -0.25) is 9.78 Å². The van der Waals surface area contributed by atoms with E-state index in [4.69, 9.17) is 10.5 Å². The minimum absolute atomic E-state index is 0.105. The number of nitrogens with zero attached hydrogens (tertiary/aromatic N) is 1. The molecule has 0 aliphatic rings. The minimum Gasteiger partial charge on any atom is -0.494 e. The van der Waals surface area contributed by atoms with Gasteiger partial charge in [0.2, 0.25) is 0 Å². The molecule has 20 heavy (non-hydrogen) atoms. The third-order valence-corrected chi connectivity index (χ3v) is 2.93. The Balaban J connectivity index is 2.16. The van der Waals surface area contributed by atoms with Crippen LogP contribution in [-0.4, -0.2) is 17.9 Å². The number of methoxy groups -OCH3 is 1. The summed E-state index contributed by atoms with van der Waals surface area (Å²) >= 11 is 0. The number of hydrogen-bond donors (Lipinski definition) is 1. The molecule has 0 unspecified atom stereocenters. The van der Waals surface area contributed by atoms with Gasteiger partial charge in [0.25, 0.3) is 0 Å². The maximum absolute atomic E-state index is 13.6. The van der Waals surface area contributed by atoms with Gasteiger partial charge in [-0.15, -0.1) is 0 Å². The van der Waals surface area contributed by atoms with Gasteiger partial charge in [0, 0.05) is 24.7 Å². The maximum Gasteiger partial charge on any atom is 0.167 e. The first kappa shape index (κ1) is 14.1. The molecule has 1 aromatic heterocycles. The second kappa shape index (κ2) is 6.25. The van der Waals surface area contributed by atoms with Crippen molar-refractivity contribution in [2.24, 2.45) is 5.73 Å². The Morgan fingerprint density at radius 3 is 2.80 bits per heavy atom. The van der Waals surface area contributed by atoms with Gasteiger partial charge in [-0.25, -0.2) is 4.39 Å². The number of Topliss-reactive ketones (excluding diaryl/α,β-unsaturated/α-hetero) is 1. The summed E-state index contributed by atoms with van der Waals surface area (Å²) in [5.41, 5.74) is 7.26. The van der Waals surface area contributed by atoms with Crippen LogP contribution in [0.25, 0.3) is 0 Å². The molecule has 5 heteroatoms. The van der Waals surface area contributed by atoms with Crippen molar-refractivity contribution in [2.45, 2.75) is 13.0 Å². The topological polar surface area (TPSA) is 65.2 Å². The van der Waals surface area contributed by atoms with Crippen molar-refractivity contribution >= 4 is 5.78 Å². The van der Waals surface area contributed by atoms with Crippen LogP contribution in [0.15, 0.2) is 36.5 Å². The smallest absolute Gasteiger partial charge is 0.167 e. The molecule has 0 aliphatic heterocycles. The van der Waals surface area contributed by atoms with Crippen LogP contribution in [0.4, 0.5) is 4.39 Å². The molecule has 2 rings (SSSR count). The van der Waals surface area contributed by atoms with Crippen molar-refractivity contribution in [3.8, 4) is 5.75 Å². The van der Waals surface area contributed by atoms with Crippen molar-refractivity contribution in [1.29, 1.82) is 0 Å². The van der Waals surface area contributed by atoms with E-state index < -0.39 is 5.82 Å². The molecule has 0 fully saturated rings. The molecule has 0 spiro atoms. The maximum atomic E-state index is 13.6. The largest absolute Gasteiger partial charge is 0.494 e. The lowest BCUT2D eigenvalue weighted by Gasteiger charge is -2.06. The zero-order chi connectivity index (χ0) is 14.5. The summed E-state index contributed by atoms with van der Waals surface area (Å²) in [6.45, 7) is 0.276. The van der Waals surface area contributed by atoms with E-state index in [-0.39, 0.29) is 24.5 Å². The molecule has 0 saturated carbocycles. The van der Waals surface area contributed by atoms with E-state index in [0.717, 1.165) is 0 Å². The van der Waals surface area contributed by atoms with Crippen molar-refractivity contribution in [2.75, 3.05) is 7.11 Å². The number of benzene rings is 1. The lowest BCUT2D eigenvalue weighted by Crippen LogP contribution is -2.07. The zero-order valence-electron chi connectivity index (χ0n) is 11.1. The molecule has 0 bridgehead atoms. The van der Waals surface area contributed by atoms with Gasteiger partial charge in [0.1, 0.15) is 0 Å². The molecule has 2 aromatic rings. The number of pyridine rings is 1. The molecule has 2 N–H and O–H groups in total. The summed E-state index contributed by atoms with van der Waals surface area (Å²) < 4.78 is 18.4. The fourth-order valence-corrected chi connectivity index (χ4v) is 1.87. The molecule has 104 valence electrons. The van der Waals surface area contributed by atoms with Gasteiger partial charge in [-0.05, 0) is 29.8 Å². The lowest BCUT2D eigenvalue weighted by molar-refractivity contribution is 0.0992. The van der Waals surface area contributed by atoms with Crippen LogP contribution in [0.3, 0.4) is 0 Å². The van der Waals surface area contributed by atoms with Crippen molar-refractivity contribution in [3.63, 3.8) is 0 Å². The number of ether oxygens (including phenoxy) is 1. The van der Waals surface area contributed by atoms with Crippen LogP contribution in [-0.2, 0) is 13.0 Å². The van der Waals surface area contributed by atoms with E-state index in [0.29, 0.717) is 16.8 Å². The van der Waals surface area contributed by atoms with E-state index in [1.165, 1.54) is 19.2 Å². The Morgan fingerprint density at radius 2 is 2.15 bits per heavy atom. The van der Waals surface area contributed by atoms with E-state index in [1.54, 1.807) is 24.4 Å². The van der Waals surface area contributed by atoms with Crippen molar-refractivity contribution in [3.05, 3.63) is 59.2 Å². The van der Waals surface area contributed by atoms with Crippen LogP contribution in [0.2, 0.25) is 0 Å². The highest BCUT2D eigenvalue weighted by Crippen LogP contribution is 2.19. The highest BCUT2D eigenvalue weighted by molar-refractivity contribution is 5.97. The Hall–Kier alpha value is -2.27. The fraction of sp³-hybridized carbons (Fsp3) is 0.200. The first-order chi connectivity index (χ1) is 9.63. The first-order valence-electron chi connectivity index (χ1n) is 6.14. The van der Waals surface area contributed by atoms with Gasteiger partial charge >= 0.3 is 0 Å². The monoisotopic (exact) mass is 274 g/mol. The Labute approximate surface area is 116 Å². The molecule has 0 atom stereocenters. The van der Waals surface area contributed by atoms with Crippen molar-refractivity contribution < 1.29 is 13.9 Å². The normalized spacial score (nSPS) is 10.3. The van der Waals surface area contributed by atoms with E-state index in [9.17, 15) is 9.18 Å². The van der Waals surface area contributed by atoms with Gasteiger partial charge in [-0.1, -0.05) is 6.07 Å². The van der Waals surface area contributed by atoms with Crippen LogP contribution >= 0.6 is 0 Å². The highest BCUT2D eigenvalue weighted by Gasteiger charge is 2.10. The summed E-state index contributed by atoms with van der Waals surface area (Å²) in [4.78, 5) is 16.2. The third-order valence-electron chi connectivity index (χ3n) is 2.93. The van der Waals surface area contributed by atoms with Gasteiger partial charge in [0.15, 0.2) is 17.3 Å². The molecular weight excluding hydrogens is 259 g/mol. The van der Waals surface area contributed by atoms with Gasteiger partial charge < -0.3 is 10.5 Å². The Kier molecular flexibility index (Phi) is 4.42. The van der Waals surface area contributed by atoms with Gasteiger partial charge in [0.05, 0.1) is 12.8 Å². The average Bonchev–Trinajstić information content (AvgIpc) is 2.47. The van der Waals surface area contributed by atoms with E-state index in [2.05, 4.69) is 4.98 Å². The molecule has 1 aromatic carbocycles. The van der Waals surface area contributed by atoms with Crippen LogP contribution < -0.4 is 10.5 Å². The van der Waals surface area contributed by atoms with Crippen molar-refractivity contribution in [1.82, 2.24) is 4.98 Å². The number of rotatable bonds is 5. The molecule has 0 saturated heterocycles. The molecule has 4 nitrogen and oxygen atoms in total. The summed E-state index contributed by atoms with van der Waals surface area (Å²) in [5.74, 6) is -0.419. The quantitative estimate of drug-likeness (QED) is 0.848. The standard InChI is InChI=1S/C15H15FN2O2/c1-20-15-3-2-10(6-13(15)16)7-14(19)11-4-5-18-12(8-11)9-17/h2-6,8H,7,9,17H2,1H3. The summed E-state index contributed by atoms with van der Waals surface area (Å²) in [6.07, 6.45) is 1.67. The lowest BCUT2D eigenvalue weighted by atomic mass is 10.0. The molecule has 1 heterocycles. The number of ketones is 1. The van der Waals surface area contributed by atoms with Crippen LogP contribution in [0.5, 0.6) is 5.75 Å². The van der Waals surface area contributed by atoms with Crippen LogP contribution in [0.1, 0.15) is 21.6 Å². The summed E-state index contributed by atoms with van der Waals surface area (Å²) in [7, 11) is 1.40. The predicted octanol–water partition coefficient (Wildman–Crippen LogP) is 2.11. The molecule has 0 radical (unpaired) electrons. The number of carbonyl (C=O) groups is 1. The second-order valence-corrected chi connectivity index (χ2v) is 4.31. The van der Waals surface area contributed by atoms with Crippen LogP contribution in [0, 0.1) is 5.82 Å². The fourth-order valence-electron chi connectivity index (χ4n) is 1.87. The molecular formula is C15H15FN2O2. The zero-order valence-corrected chi connectivity index (χ0v) is 11.1. The second-order valence-electron chi connectivity index (χ2n) is 4.31. The van der Waals surface area contributed by atoms with E-state index in [1.807, 2.05) is 0 Å². The third kappa shape index (κ3) is 3.19. The SMILES string of the molecule is COc1ccc(CC(=O)c2ccnc(CN)c2)cc1F. The number of halogens is 1. The number of aromatic nitrogens is 1. The number of nitrogens with two attached hydrogens (primary N) is 1. The van der Waals surface area contributed by atoms with E-state index >= 15 is 0 Å². The predicted molar refractivity (Wildman–Crippen MR) is 73.1 cm³/mol. The highest BCUT2D eigenvalue weighted by atomic mass is 19.1. The molecule has 0 aliphatic carbocycles. The number of hydrogen-bond acceptors (Lipinski definition) is 4. The molecule has 0 amide bonds. The summed E-state index contributed by atoms with van der Waals surface area (Å²) in [6, 6.07) is 7.77. The summed E-state index contributed by atoms with van der Waals surface area (Å²) in [5, 5.41) is 0. The average molecular weight is 274 g/mol. The Bertz CT molecular complexity index is 629. The van der Waals surface area contributed by atoms with Gasteiger partial charge in [-0.2, -0.15) is 0 Å². The number of carbonyl (C=O) groups excluding carboxylic acids is 1. The first-order valence-corrected chi connectivity index (χ1v) is 6.14.